The van der Waals surface area contributed by atoms with Crippen LogP contribution in [0.4, 0.5) is 17.1 Å². The highest BCUT2D eigenvalue weighted by molar-refractivity contribution is 9.10. The third kappa shape index (κ3) is 3.17. The van der Waals surface area contributed by atoms with E-state index in [0.717, 1.165) is 21.5 Å². The van der Waals surface area contributed by atoms with Crippen molar-refractivity contribution < 1.29 is 0 Å². The van der Waals surface area contributed by atoms with Gasteiger partial charge in [-0.3, -0.25) is 0 Å². The van der Waals surface area contributed by atoms with Gasteiger partial charge in [0.15, 0.2) is 0 Å². The van der Waals surface area contributed by atoms with E-state index in [-0.39, 0.29) is 0 Å². The molecule has 0 aromatic heterocycles. The van der Waals surface area contributed by atoms with E-state index in [9.17, 15) is 0 Å². The van der Waals surface area contributed by atoms with Gasteiger partial charge in [0.05, 0.1) is 11.4 Å². The summed E-state index contributed by atoms with van der Waals surface area (Å²) in [5.74, 6) is 0. The van der Waals surface area contributed by atoms with Gasteiger partial charge in [0.1, 0.15) is 0 Å². The maximum absolute atomic E-state index is 5.94. The van der Waals surface area contributed by atoms with Crippen molar-refractivity contribution in [2.75, 3.05) is 17.3 Å². The average molecular weight is 309 g/mol. The number of anilines is 3. The zero-order chi connectivity index (χ0) is 12.3. The molecule has 0 aliphatic rings. The Morgan fingerprint density at radius 3 is 2.71 bits per heavy atom. The quantitative estimate of drug-likeness (QED) is 0.648. The fraction of sp³-hybridized carbons (Fsp3) is 0.0769. The highest BCUT2D eigenvalue weighted by Crippen LogP contribution is 2.27. The Hall–Kier alpha value is -1.13. The molecule has 0 atom stereocenters. The van der Waals surface area contributed by atoms with Crippen molar-refractivity contribution in [2.45, 2.75) is 4.90 Å². The zero-order valence-electron chi connectivity index (χ0n) is 9.41. The van der Waals surface area contributed by atoms with Crippen molar-refractivity contribution in [2.24, 2.45) is 0 Å². The van der Waals surface area contributed by atoms with Crippen molar-refractivity contribution >= 4 is 44.8 Å². The van der Waals surface area contributed by atoms with E-state index in [1.807, 2.05) is 30.3 Å². The molecule has 0 saturated carbocycles. The number of halogens is 1. The summed E-state index contributed by atoms with van der Waals surface area (Å²) < 4.78 is 0.985. The molecule has 0 radical (unpaired) electrons. The largest absolute Gasteiger partial charge is 0.397 e. The first-order valence-electron chi connectivity index (χ1n) is 5.15. The van der Waals surface area contributed by atoms with Gasteiger partial charge in [0, 0.05) is 15.1 Å². The lowest BCUT2D eigenvalue weighted by molar-refractivity contribution is 1.44. The van der Waals surface area contributed by atoms with Crippen molar-refractivity contribution in [1.29, 1.82) is 0 Å². The number of nitrogen functional groups attached to an aromatic ring is 1. The molecule has 2 nitrogen and oxygen atoms in total. The summed E-state index contributed by atoms with van der Waals surface area (Å²) in [6.07, 6.45) is 2.06. The first kappa shape index (κ1) is 12.3. The van der Waals surface area contributed by atoms with Crippen LogP contribution in [0.3, 0.4) is 0 Å². The molecule has 0 amide bonds. The first-order valence-corrected chi connectivity index (χ1v) is 7.17. The van der Waals surface area contributed by atoms with Crippen LogP contribution in [0.15, 0.2) is 51.8 Å². The molecule has 0 aliphatic heterocycles. The van der Waals surface area contributed by atoms with Crippen molar-refractivity contribution in [3.63, 3.8) is 0 Å². The minimum absolute atomic E-state index is 0.730. The number of rotatable bonds is 3. The van der Waals surface area contributed by atoms with E-state index < -0.39 is 0 Å². The molecule has 2 rings (SSSR count). The topological polar surface area (TPSA) is 38.0 Å². The summed E-state index contributed by atoms with van der Waals surface area (Å²) in [6.45, 7) is 0. The van der Waals surface area contributed by atoms with Gasteiger partial charge >= 0.3 is 0 Å². The molecule has 0 fully saturated rings. The number of nitrogens with two attached hydrogens (primary N) is 1. The normalized spacial score (nSPS) is 10.2. The van der Waals surface area contributed by atoms with Crippen LogP contribution in [0.2, 0.25) is 0 Å². The van der Waals surface area contributed by atoms with E-state index in [0.29, 0.717) is 0 Å². The van der Waals surface area contributed by atoms with Gasteiger partial charge in [0.25, 0.3) is 0 Å². The van der Waals surface area contributed by atoms with Crippen molar-refractivity contribution in [3.05, 3.63) is 46.9 Å². The van der Waals surface area contributed by atoms with E-state index in [1.165, 1.54) is 4.90 Å². The van der Waals surface area contributed by atoms with Gasteiger partial charge in [-0.2, -0.15) is 0 Å². The molecule has 2 aromatic rings. The Balaban J connectivity index is 2.25. The Bertz CT molecular complexity index is 529. The van der Waals surface area contributed by atoms with E-state index in [2.05, 4.69) is 39.6 Å². The molecule has 0 saturated heterocycles. The van der Waals surface area contributed by atoms with Crippen LogP contribution in [-0.2, 0) is 0 Å². The summed E-state index contributed by atoms with van der Waals surface area (Å²) in [5, 5.41) is 3.31. The van der Waals surface area contributed by atoms with E-state index in [4.69, 9.17) is 5.73 Å². The summed E-state index contributed by atoms with van der Waals surface area (Å²) in [5.41, 5.74) is 8.64. The fourth-order valence-electron chi connectivity index (χ4n) is 1.50. The third-order valence-corrected chi connectivity index (χ3v) is 3.58. The van der Waals surface area contributed by atoms with Gasteiger partial charge in [-0.15, -0.1) is 11.8 Å². The Kier molecular flexibility index (Phi) is 3.97. The van der Waals surface area contributed by atoms with Crippen LogP contribution >= 0.6 is 27.7 Å². The van der Waals surface area contributed by atoms with E-state index in [1.54, 1.807) is 11.8 Å². The molecular formula is C13H13BrN2S. The highest BCUT2D eigenvalue weighted by Gasteiger charge is 2.01. The Morgan fingerprint density at radius 2 is 2.00 bits per heavy atom. The summed E-state index contributed by atoms with van der Waals surface area (Å²) in [7, 11) is 0. The molecule has 4 heteroatoms. The second-order valence-electron chi connectivity index (χ2n) is 3.59. The molecule has 0 unspecified atom stereocenters. The number of benzene rings is 2. The van der Waals surface area contributed by atoms with Crippen LogP contribution in [-0.4, -0.2) is 6.26 Å². The molecule has 0 spiro atoms. The molecule has 3 N–H and O–H groups in total. The first-order chi connectivity index (χ1) is 8.19. The Labute approximate surface area is 114 Å². The zero-order valence-corrected chi connectivity index (χ0v) is 11.8. The average Bonchev–Trinajstić information content (AvgIpc) is 2.33. The standard InChI is InChI=1S/C13H13BrN2S/c1-17-11-4-2-3-10(8-11)16-13-6-5-9(14)7-12(13)15/h2-8,16H,15H2,1H3. The second kappa shape index (κ2) is 5.47. The number of hydrogen-bond acceptors (Lipinski definition) is 3. The van der Waals surface area contributed by atoms with Crippen LogP contribution in [0.5, 0.6) is 0 Å². The highest BCUT2D eigenvalue weighted by atomic mass is 79.9. The molecule has 2 aromatic carbocycles. The fourth-order valence-corrected chi connectivity index (χ4v) is 2.34. The molecule has 0 aliphatic carbocycles. The SMILES string of the molecule is CSc1cccc(Nc2ccc(Br)cc2N)c1. The maximum atomic E-state index is 5.94. The maximum Gasteiger partial charge on any atom is 0.0618 e. The van der Waals surface area contributed by atoms with Crippen LogP contribution in [0.25, 0.3) is 0 Å². The summed E-state index contributed by atoms with van der Waals surface area (Å²) >= 11 is 5.11. The van der Waals surface area contributed by atoms with Crippen molar-refractivity contribution in [3.8, 4) is 0 Å². The molecule has 0 heterocycles. The minimum Gasteiger partial charge on any atom is -0.397 e. The molecule has 17 heavy (non-hydrogen) atoms. The number of hydrogen-bond donors (Lipinski definition) is 2. The predicted octanol–water partition coefficient (Wildman–Crippen LogP) is 4.50. The van der Waals surface area contributed by atoms with Gasteiger partial charge < -0.3 is 11.1 Å². The lowest BCUT2D eigenvalue weighted by atomic mass is 10.2. The van der Waals surface area contributed by atoms with Crippen LogP contribution < -0.4 is 11.1 Å². The predicted molar refractivity (Wildman–Crippen MR) is 80.1 cm³/mol. The van der Waals surface area contributed by atoms with E-state index >= 15 is 0 Å². The third-order valence-electron chi connectivity index (χ3n) is 2.36. The summed E-state index contributed by atoms with van der Waals surface area (Å²) in [4.78, 5) is 1.23. The number of thioether (sulfide) groups is 1. The Morgan fingerprint density at radius 1 is 1.18 bits per heavy atom. The number of nitrogens with one attached hydrogen (secondary N) is 1. The monoisotopic (exact) mass is 308 g/mol. The lowest BCUT2D eigenvalue weighted by Crippen LogP contribution is -1.96. The van der Waals surface area contributed by atoms with Crippen LogP contribution in [0.1, 0.15) is 0 Å². The molecule has 88 valence electrons. The van der Waals surface area contributed by atoms with Gasteiger partial charge in [-0.05, 0) is 42.7 Å². The van der Waals surface area contributed by atoms with Crippen LogP contribution in [0, 0.1) is 0 Å². The van der Waals surface area contributed by atoms with Gasteiger partial charge in [0.2, 0.25) is 0 Å². The van der Waals surface area contributed by atoms with Gasteiger partial charge in [-0.1, -0.05) is 22.0 Å². The van der Waals surface area contributed by atoms with Crippen molar-refractivity contribution in [1.82, 2.24) is 0 Å². The smallest absolute Gasteiger partial charge is 0.0618 e. The molecular weight excluding hydrogens is 296 g/mol. The second-order valence-corrected chi connectivity index (χ2v) is 5.38. The lowest BCUT2D eigenvalue weighted by Gasteiger charge is -2.10. The molecule has 0 bridgehead atoms. The summed E-state index contributed by atoms with van der Waals surface area (Å²) in [6, 6.07) is 14.1. The minimum atomic E-state index is 0.730. The van der Waals surface area contributed by atoms with Gasteiger partial charge in [-0.25, -0.2) is 0 Å².